The van der Waals surface area contributed by atoms with Gasteiger partial charge in [0.15, 0.2) is 0 Å². The fourth-order valence-corrected chi connectivity index (χ4v) is 5.41. The highest BCUT2D eigenvalue weighted by Gasteiger charge is 2.31. The third-order valence-electron chi connectivity index (χ3n) is 5.22. The number of amides is 1. The molecule has 2 heterocycles. The van der Waals surface area contributed by atoms with Crippen LogP contribution in [0.2, 0.25) is 0 Å². The van der Waals surface area contributed by atoms with E-state index < -0.39 is 20.7 Å². The van der Waals surface area contributed by atoms with Gasteiger partial charge in [0.2, 0.25) is 10.0 Å². The Hall–Kier alpha value is -2.25. The van der Waals surface area contributed by atoms with Gasteiger partial charge in [-0.15, -0.1) is 0 Å². The maximum atomic E-state index is 14.3. The van der Waals surface area contributed by atoms with E-state index in [-0.39, 0.29) is 11.5 Å². The number of benzene rings is 2. The van der Waals surface area contributed by atoms with Crippen LogP contribution in [0.15, 0.2) is 47.4 Å². The molecular formula is C20H21FN2O3S. The number of anilines is 1. The molecule has 0 atom stereocenters. The molecule has 2 aromatic carbocycles. The summed E-state index contributed by atoms with van der Waals surface area (Å²) < 4.78 is 41.2. The van der Waals surface area contributed by atoms with Gasteiger partial charge >= 0.3 is 0 Å². The average Bonchev–Trinajstić information content (AvgIpc) is 3.23. The van der Waals surface area contributed by atoms with Crippen molar-refractivity contribution in [1.29, 1.82) is 0 Å². The van der Waals surface area contributed by atoms with Crippen LogP contribution >= 0.6 is 0 Å². The molecule has 1 amide bonds. The number of hydrogen-bond donors (Lipinski definition) is 0. The minimum absolute atomic E-state index is 0.186. The molecule has 0 bridgehead atoms. The minimum Gasteiger partial charge on any atom is -0.308 e. The van der Waals surface area contributed by atoms with Gasteiger partial charge < -0.3 is 4.90 Å². The molecule has 0 N–H and O–H groups in total. The lowest BCUT2D eigenvalue weighted by Gasteiger charge is -2.29. The largest absolute Gasteiger partial charge is 0.308 e. The van der Waals surface area contributed by atoms with Crippen LogP contribution in [-0.4, -0.2) is 38.3 Å². The SMILES string of the molecule is O=C(c1ccc(F)c(S(=O)(=O)N2CCCC2)c1)N1CCCc2ccccc21. The quantitative estimate of drug-likeness (QED) is 0.811. The molecule has 1 saturated heterocycles. The molecule has 0 unspecified atom stereocenters. The van der Waals surface area contributed by atoms with Crippen molar-refractivity contribution in [3.63, 3.8) is 0 Å². The Balaban J connectivity index is 1.70. The standard InChI is InChI=1S/C20H21FN2O3S/c21-17-10-9-16(14-19(17)27(25,26)22-11-3-4-12-22)20(24)23-13-5-7-15-6-1-2-8-18(15)23/h1-2,6,8-10,14H,3-5,7,11-13H2. The first kappa shape index (κ1) is 18.1. The predicted molar refractivity (Wildman–Crippen MR) is 101 cm³/mol. The first-order valence-corrected chi connectivity index (χ1v) is 10.6. The number of halogens is 1. The lowest BCUT2D eigenvalue weighted by Crippen LogP contribution is -2.35. The Morgan fingerprint density at radius 2 is 1.70 bits per heavy atom. The number of aryl methyl sites for hydroxylation is 1. The van der Waals surface area contributed by atoms with Gasteiger partial charge in [0.25, 0.3) is 5.91 Å². The molecule has 2 aromatic rings. The summed E-state index contributed by atoms with van der Waals surface area (Å²) in [5.41, 5.74) is 2.11. The lowest BCUT2D eigenvalue weighted by molar-refractivity contribution is 0.0985. The van der Waals surface area contributed by atoms with Crippen LogP contribution < -0.4 is 4.90 Å². The Morgan fingerprint density at radius 3 is 2.48 bits per heavy atom. The van der Waals surface area contributed by atoms with E-state index in [0.717, 1.165) is 43.0 Å². The van der Waals surface area contributed by atoms with Crippen molar-refractivity contribution in [2.75, 3.05) is 24.5 Å². The Labute approximate surface area is 158 Å². The summed E-state index contributed by atoms with van der Waals surface area (Å²) in [6, 6.07) is 11.3. The zero-order valence-electron chi connectivity index (χ0n) is 14.9. The van der Waals surface area contributed by atoms with Crippen molar-refractivity contribution in [2.45, 2.75) is 30.6 Å². The summed E-state index contributed by atoms with van der Waals surface area (Å²) in [5, 5.41) is 0. The van der Waals surface area contributed by atoms with Crippen molar-refractivity contribution >= 4 is 21.6 Å². The fourth-order valence-electron chi connectivity index (χ4n) is 3.80. The summed E-state index contributed by atoms with van der Waals surface area (Å²) >= 11 is 0. The van der Waals surface area contributed by atoms with Gasteiger partial charge in [-0.2, -0.15) is 4.31 Å². The topological polar surface area (TPSA) is 57.7 Å². The molecule has 0 aromatic heterocycles. The molecule has 0 spiro atoms. The van der Waals surface area contributed by atoms with Gasteiger partial charge in [-0.05, 0) is 55.5 Å². The second-order valence-electron chi connectivity index (χ2n) is 6.95. The van der Waals surface area contributed by atoms with E-state index in [9.17, 15) is 17.6 Å². The number of hydrogen-bond acceptors (Lipinski definition) is 3. The van der Waals surface area contributed by atoms with E-state index in [1.54, 1.807) is 4.90 Å². The summed E-state index contributed by atoms with van der Waals surface area (Å²) in [6.07, 6.45) is 3.27. The monoisotopic (exact) mass is 388 g/mol. The number of sulfonamides is 1. The van der Waals surface area contributed by atoms with E-state index in [1.807, 2.05) is 24.3 Å². The highest BCUT2D eigenvalue weighted by atomic mass is 32.2. The predicted octanol–water partition coefficient (Wildman–Crippen LogP) is 3.20. The van der Waals surface area contributed by atoms with Gasteiger partial charge in [0.1, 0.15) is 10.7 Å². The van der Waals surface area contributed by atoms with E-state index in [4.69, 9.17) is 0 Å². The highest BCUT2D eigenvalue weighted by Crippen LogP contribution is 2.29. The molecule has 4 rings (SSSR count). The second-order valence-corrected chi connectivity index (χ2v) is 8.85. The fraction of sp³-hybridized carbons (Fsp3) is 0.350. The molecule has 0 saturated carbocycles. The van der Waals surface area contributed by atoms with Gasteiger partial charge in [-0.3, -0.25) is 4.79 Å². The van der Waals surface area contributed by atoms with Crippen LogP contribution in [0.25, 0.3) is 0 Å². The van der Waals surface area contributed by atoms with Crippen LogP contribution in [0.5, 0.6) is 0 Å². The molecule has 142 valence electrons. The number of nitrogens with zero attached hydrogens (tertiary/aromatic N) is 2. The van der Waals surface area contributed by atoms with Crippen molar-refractivity contribution in [1.82, 2.24) is 4.31 Å². The normalized spacial score (nSPS) is 17.7. The smallest absolute Gasteiger partial charge is 0.258 e. The van der Waals surface area contributed by atoms with Crippen molar-refractivity contribution in [3.05, 3.63) is 59.4 Å². The summed E-state index contributed by atoms with van der Waals surface area (Å²) in [6.45, 7) is 1.33. The molecule has 2 aliphatic heterocycles. The number of carbonyl (C=O) groups is 1. The van der Waals surface area contributed by atoms with Gasteiger partial charge in [0, 0.05) is 30.9 Å². The first-order valence-electron chi connectivity index (χ1n) is 9.18. The third kappa shape index (κ3) is 3.26. The molecule has 0 aliphatic carbocycles. The van der Waals surface area contributed by atoms with E-state index >= 15 is 0 Å². The van der Waals surface area contributed by atoms with E-state index in [2.05, 4.69) is 0 Å². The third-order valence-corrected chi connectivity index (χ3v) is 7.13. The van der Waals surface area contributed by atoms with Crippen molar-refractivity contribution in [2.24, 2.45) is 0 Å². The van der Waals surface area contributed by atoms with Crippen LogP contribution in [0.1, 0.15) is 35.2 Å². The number of rotatable bonds is 3. The van der Waals surface area contributed by atoms with E-state index in [1.165, 1.54) is 16.4 Å². The molecule has 1 fully saturated rings. The average molecular weight is 388 g/mol. The second kappa shape index (κ2) is 7.05. The van der Waals surface area contributed by atoms with Crippen LogP contribution in [0.4, 0.5) is 10.1 Å². The first-order chi connectivity index (χ1) is 13.0. The molecule has 7 heteroatoms. The summed E-state index contributed by atoms with van der Waals surface area (Å²) in [5.74, 6) is -1.13. The van der Waals surface area contributed by atoms with Crippen molar-refractivity contribution < 1.29 is 17.6 Å². The van der Waals surface area contributed by atoms with Gasteiger partial charge in [0.05, 0.1) is 0 Å². The lowest BCUT2D eigenvalue weighted by atomic mass is 10.0. The molecule has 0 radical (unpaired) electrons. The van der Waals surface area contributed by atoms with Crippen LogP contribution in [0.3, 0.4) is 0 Å². The number of para-hydroxylation sites is 1. The molecular weight excluding hydrogens is 367 g/mol. The zero-order chi connectivity index (χ0) is 19.0. The van der Waals surface area contributed by atoms with Gasteiger partial charge in [-0.1, -0.05) is 18.2 Å². The maximum Gasteiger partial charge on any atom is 0.258 e. The van der Waals surface area contributed by atoms with Crippen LogP contribution in [-0.2, 0) is 16.4 Å². The maximum absolute atomic E-state index is 14.3. The summed E-state index contributed by atoms with van der Waals surface area (Å²) in [4.78, 5) is 14.3. The summed E-state index contributed by atoms with van der Waals surface area (Å²) in [7, 11) is -3.93. The van der Waals surface area contributed by atoms with E-state index in [0.29, 0.717) is 19.6 Å². The Kier molecular flexibility index (Phi) is 4.74. The molecule has 27 heavy (non-hydrogen) atoms. The molecule has 2 aliphatic rings. The number of fused-ring (bicyclic) bond motifs is 1. The number of carbonyl (C=O) groups excluding carboxylic acids is 1. The zero-order valence-corrected chi connectivity index (χ0v) is 15.7. The van der Waals surface area contributed by atoms with Gasteiger partial charge in [-0.25, -0.2) is 12.8 Å². The Bertz CT molecular complexity index is 984. The van der Waals surface area contributed by atoms with Crippen LogP contribution in [0, 0.1) is 5.82 Å². The minimum atomic E-state index is -3.93. The Morgan fingerprint density at radius 1 is 0.963 bits per heavy atom. The molecule has 5 nitrogen and oxygen atoms in total. The van der Waals surface area contributed by atoms with Crippen molar-refractivity contribution in [3.8, 4) is 0 Å². The highest BCUT2D eigenvalue weighted by molar-refractivity contribution is 7.89.